The summed E-state index contributed by atoms with van der Waals surface area (Å²) in [6.45, 7) is 0. The molecule has 0 saturated carbocycles. The minimum atomic E-state index is 0.0254. The summed E-state index contributed by atoms with van der Waals surface area (Å²) in [7, 11) is 0. The van der Waals surface area contributed by atoms with Crippen molar-refractivity contribution in [2.75, 3.05) is 0 Å². The number of benzene rings is 11. The van der Waals surface area contributed by atoms with Gasteiger partial charge in [0.25, 0.3) is 5.56 Å². The number of hydrogen-bond acceptors (Lipinski definition) is 1. The van der Waals surface area contributed by atoms with Crippen molar-refractivity contribution in [1.29, 1.82) is 0 Å². The Kier molecular flexibility index (Phi) is 6.79. The van der Waals surface area contributed by atoms with Gasteiger partial charge < -0.3 is 9.13 Å². The molecule has 0 aliphatic rings. The van der Waals surface area contributed by atoms with E-state index in [-0.39, 0.29) is 5.56 Å². The normalized spacial score (nSPS) is 12.4. The van der Waals surface area contributed by atoms with E-state index < -0.39 is 0 Å². The molecule has 0 spiro atoms. The van der Waals surface area contributed by atoms with Gasteiger partial charge in [0.1, 0.15) is 0 Å². The van der Waals surface area contributed by atoms with Crippen molar-refractivity contribution in [3.63, 3.8) is 0 Å². The van der Waals surface area contributed by atoms with E-state index in [1.807, 2.05) is 22.6 Å². The molecule has 4 aromatic heterocycles. The lowest BCUT2D eigenvalue weighted by Crippen LogP contribution is -2.12. The first-order valence-corrected chi connectivity index (χ1v) is 22.3. The molecule has 65 heavy (non-hydrogen) atoms. The number of rotatable bonds is 3. The molecule has 0 atom stereocenters. The molecule has 0 fully saturated rings. The van der Waals surface area contributed by atoms with Crippen molar-refractivity contribution in [2.24, 2.45) is 0 Å². The van der Waals surface area contributed by atoms with E-state index in [9.17, 15) is 4.79 Å². The highest BCUT2D eigenvalue weighted by Crippen LogP contribution is 2.44. The van der Waals surface area contributed by atoms with Crippen LogP contribution in [0.25, 0.3) is 136 Å². The van der Waals surface area contributed by atoms with Crippen molar-refractivity contribution in [1.82, 2.24) is 13.5 Å². The fraction of sp³-hybridized carbons (Fsp3) is 0. The molecule has 0 unspecified atom stereocenters. The Bertz CT molecular complexity index is 4610. The molecule has 0 bridgehead atoms. The van der Waals surface area contributed by atoms with Crippen LogP contribution in [0.2, 0.25) is 0 Å². The minimum absolute atomic E-state index is 0.0254. The maximum absolute atomic E-state index is 14.1. The van der Waals surface area contributed by atoms with Crippen LogP contribution >= 0.6 is 0 Å². The zero-order valence-corrected chi connectivity index (χ0v) is 35.0. The number of hydrogen-bond donors (Lipinski definition) is 0. The molecule has 0 aliphatic carbocycles. The number of nitrogens with zero attached hydrogens (tertiary/aromatic N) is 3. The summed E-state index contributed by atoms with van der Waals surface area (Å²) >= 11 is 0. The first-order chi connectivity index (χ1) is 32.2. The molecular weight excluding hydrogens is 791 g/mol. The van der Waals surface area contributed by atoms with Gasteiger partial charge in [-0.2, -0.15) is 0 Å². The summed E-state index contributed by atoms with van der Waals surface area (Å²) in [4.78, 5) is 14.1. The van der Waals surface area contributed by atoms with E-state index in [1.165, 1.54) is 75.9 Å². The van der Waals surface area contributed by atoms with Gasteiger partial charge in [-0.05, 0) is 109 Å². The lowest BCUT2D eigenvalue weighted by Gasteiger charge is -2.16. The lowest BCUT2D eigenvalue weighted by atomic mass is 9.91. The summed E-state index contributed by atoms with van der Waals surface area (Å²) in [5, 5.41) is 17.3. The molecule has 0 aliphatic heterocycles. The van der Waals surface area contributed by atoms with Crippen LogP contribution in [0.15, 0.2) is 217 Å². The Balaban J connectivity index is 1.02. The van der Waals surface area contributed by atoms with E-state index in [1.54, 1.807) is 0 Å². The van der Waals surface area contributed by atoms with Gasteiger partial charge in [0.05, 0.1) is 33.1 Å². The number of fused-ring (bicyclic) bond motifs is 18. The third kappa shape index (κ3) is 4.57. The number of pyridine rings is 1. The number of para-hydroxylation sites is 4. The molecular formula is C61H35N3O. The van der Waals surface area contributed by atoms with Crippen LogP contribution in [-0.2, 0) is 0 Å². The van der Waals surface area contributed by atoms with Gasteiger partial charge in [-0.15, -0.1) is 0 Å². The highest BCUT2D eigenvalue weighted by atomic mass is 16.1. The average molecular weight is 826 g/mol. The fourth-order valence-corrected chi connectivity index (χ4v) is 11.6. The van der Waals surface area contributed by atoms with Crippen molar-refractivity contribution in [2.45, 2.75) is 0 Å². The highest BCUT2D eigenvalue weighted by Gasteiger charge is 2.23. The Morgan fingerprint density at radius 1 is 0.246 bits per heavy atom. The SMILES string of the molecule is O=c1c2ccccc2c2cccc3c4cc(-c5ccc6c7ccccc7c7ccc(-n8c9ccccc9c9ccc%10c%11ccccc%11n(-c%11ccccc%11)c%10c98)cc7c6c5)ccc4n1c23. The summed E-state index contributed by atoms with van der Waals surface area (Å²) < 4.78 is 6.88. The first kappa shape index (κ1) is 34.8. The Morgan fingerprint density at radius 2 is 0.677 bits per heavy atom. The second-order valence-electron chi connectivity index (χ2n) is 17.6. The molecule has 0 amide bonds. The monoisotopic (exact) mass is 825 g/mol. The quantitative estimate of drug-likeness (QED) is 0.163. The first-order valence-electron chi connectivity index (χ1n) is 22.3. The van der Waals surface area contributed by atoms with Crippen LogP contribution in [0.5, 0.6) is 0 Å². The van der Waals surface area contributed by atoms with Crippen molar-refractivity contribution >= 4 is 114 Å². The van der Waals surface area contributed by atoms with Gasteiger partial charge in [0, 0.05) is 54.5 Å². The van der Waals surface area contributed by atoms with Crippen LogP contribution in [0, 0.1) is 0 Å². The zero-order chi connectivity index (χ0) is 42.5. The molecule has 4 heterocycles. The molecule has 11 aromatic carbocycles. The van der Waals surface area contributed by atoms with Gasteiger partial charge in [-0.3, -0.25) is 9.20 Å². The van der Waals surface area contributed by atoms with E-state index in [2.05, 4.69) is 203 Å². The largest absolute Gasteiger partial charge is 0.307 e. The van der Waals surface area contributed by atoms with E-state index in [0.29, 0.717) is 0 Å². The van der Waals surface area contributed by atoms with Crippen LogP contribution in [0.4, 0.5) is 0 Å². The predicted octanol–water partition coefficient (Wildman–Crippen LogP) is 15.5. The van der Waals surface area contributed by atoms with Gasteiger partial charge in [-0.25, -0.2) is 0 Å². The van der Waals surface area contributed by atoms with Crippen molar-refractivity contribution in [3.8, 4) is 22.5 Å². The van der Waals surface area contributed by atoms with Gasteiger partial charge in [0.2, 0.25) is 0 Å². The summed E-state index contributed by atoms with van der Waals surface area (Å²) in [5.41, 5.74) is 11.2. The topological polar surface area (TPSA) is 31.3 Å². The van der Waals surface area contributed by atoms with E-state index >= 15 is 0 Å². The highest BCUT2D eigenvalue weighted by molar-refractivity contribution is 6.28. The van der Waals surface area contributed by atoms with Crippen molar-refractivity contribution < 1.29 is 0 Å². The zero-order valence-electron chi connectivity index (χ0n) is 35.0. The minimum Gasteiger partial charge on any atom is -0.307 e. The Hall–Kier alpha value is -8.73. The van der Waals surface area contributed by atoms with E-state index in [0.717, 1.165) is 60.5 Å². The molecule has 0 N–H and O–H groups in total. The van der Waals surface area contributed by atoms with Crippen LogP contribution in [0.1, 0.15) is 0 Å². The molecule has 15 aromatic rings. The average Bonchev–Trinajstić information content (AvgIpc) is 4.02. The summed E-state index contributed by atoms with van der Waals surface area (Å²) in [6.07, 6.45) is 0. The molecule has 0 saturated heterocycles. The standard InChI is InChI=1S/C61H35N3O/c65-61-51-20-7-6-17-42(51)47-21-12-22-48-54-34-37(26-32-57(54)64(61)58(47)48)36-25-28-43-40-15-4-5-16-41(40)44-29-27-39(35-53(44)52(43)33-36)63-56-24-11-9-19-46(56)50-31-30-49-45-18-8-10-23-55(45)62(59(49)60(50)63)38-13-2-1-3-14-38/h1-35H. The molecule has 300 valence electrons. The van der Waals surface area contributed by atoms with Crippen LogP contribution in [0.3, 0.4) is 0 Å². The smallest absolute Gasteiger partial charge is 0.263 e. The number of aromatic nitrogens is 3. The fourth-order valence-electron chi connectivity index (χ4n) is 11.6. The summed E-state index contributed by atoms with van der Waals surface area (Å²) in [5.74, 6) is 0. The van der Waals surface area contributed by atoms with Gasteiger partial charge in [0.15, 0.2) is 0 Å². The van der Waals surface area contributed by atoms with Gasteiger partial charge in [-0.1, -0.05) is 152 Å². The molecule has 4 heteroatoms. The second kappa shape index (κ2) is 12.7. The maximum atomic E-state index is 14.1. The van der Waals surface area contributed by atoms with E-state index in [4.69, 9.17) is 0 Å². The summed E-state index contributed by atoms with van der Waals surface area (Å²) in [6, 6.07) is 76.9. The second-order valence-corrected chi connectivity index (χ2v) is 17.6. The lowest BCUT2D eigenvalue weighted by molar-refractivity contribution is 1.15. The Morgan fingerprint density at radius 3 is 1.34 bits per heavy atom. The van der Waals surface area contributed by atoms with Crippen LogP contribution in [-0.4, -0.2) is 13.5 Å². The molecule has 4 nitrogen and oxygen atoms in total. The molecule has 15 rings (SSSR count). The maximum Gasteiger partial charge on any atom is 0.263 e. The van der Waals surface area contributed by atoms with Crippen LogP contribution < -0.4 is 5.56 Å². The van der Waals surface area contributed by atoms with Gasteiger partial charge >= 0.3 is 0 Å². The molecule has 0 radical (unpaired) electrons. The third-order valence-electron chi connectivity index (χ3n) is 14.3. The Labute approximate surface area is 371 Å². The van der Waals surface area contributed by atoms with Crippen molar-refractivity contribution in [3.05, 3.63) is 223 Å². The third-order valence-corrected chi connectivity index (χ3v) is 14.3. The predicted molar refractivity (Wildman–Crippen MR) is 274 cm³/mol.